The van der Waals surface area contributed by atoms with E-state index in [2.05, 4.69) is 20.7 Å². The first-order valence-corrected chi connectivity index (χ1v) is 8.28. The average Bonchev–Trinajstić information content (AvgIpc) is 3.11. The SMILES string of the molecule is O=C(NN=Cc1ccc([N+](=O)[O-])cc1)c1cc(-c2cc(Cl)cc(Cl)c2)n[nH]1. The van der Waals surface area contributed by atoms with Gasteiger partial charge in [-0.15, -0.1) is 0 Å². The van der Waals surface area contributed by atoms with Crippen LogP contribution in [0.15, 0.2) is 53.6 Å². The third-order valence-corrected chi connectivity index (χ3v) is 3.90. The van der Waals surface area contributed by atoms with E-state index in [0.717, 1.165) is 0 Å². The number of non-ortho nitro benzene ring substituents is 1. The average molecular weight is 404 g/mol. The number of nitrogens with one attached hydrogen (secondary N) is 2. The second-order valence-electron chi connectivity index (χ2n) is 5.37. The van der Waals surface area contributed by atoms with Crippen molar-refractivity contribution in [2.75, 3.05) is 0 Å². The minimum absolute atomic E-state index is 0.0257. The van der Waals surface area contributed by atoms with Crippen LogP contribution in [-0.4, -0.2) is 27.2 Å². The molecule has 2 N–H and O–H groups in total. The molecule has 27 heavy (non-hydrogen) atoms. The Labute approximate surface area is 163 Å². The van der Waals surface area contributed by atoms with E-state index in [9.17, 15) is 14.9 Å². The molecule has 0 unspecified atom stereocenters. The summed E-state index contributed by atoms with van der Waals surface area (Å²) in [5, 5.41) is 22.0. The molecule has 3 rings (SSSR count). The number of hydrogen-bond donors (Lipinski definition) is 2. The number of nitrogens with zero attached hydrogens (tertiary/aromatic N) is 3. The molecule has 1 heterocycles. The fraction of sp³-hybridized carbons (Fsp3) is 0. The molecule has 0 saturated carbocycles. The molecule has 0 saturated heterocycles. The topological polar surface area (TPSA) is 113 Å². The summed E-state index contributed by atoms with van der Waals surface area (Å²) in [6, 6.07) is 12.2. The lowest BCUT2D eigenvalue weighted by Crippen LogP contribution is -2.17. The molecule has 1 amide bonds. The van der Waals surface area contributed by atoms with Crippen molar-refractivity contribution < 1.29 is 9.72 Å². The normalized spacial score (nSPS) is 10.9. The van der Waals surface area contributed by atoms with Crippen LogP contribution in [0.25, 0.3) is 11.3 Å². The van der Waals surface area contributed by atoms with Crippen LogP contribution in [0.1, 0.15) is 16.1 Å². The zero-order valence-electron chi connectivity index (χ0n) is 13.5. The first-order chi connectivity index (χ1) is 12.9. The molecule has 0 spiro atoms. The van der Waals surface area contributed by atoms with E-state index >= 15 is 0 Å². The van der Waals surface area contributed by atoms with Gasteiger partial charge in [-0.3, -0.25) is 20.0 Å². The molecule has 1 aromatic heterocycles. The molecule has 10 heteroatoms. The quantitative estimate of drug-likeness (QED) is 0.379. The molecular weight excluding hydrogens is 393 g/mol. The summed E-state index contributed by atoms with van der Waals surface area (Å²) in [4.78, 5) is 22.2. The number of carbonyl (C=O) groups is 1. The van der Waals surface area contributed by atoms with Crippen LogP contribution < -0.4 is 5.43 Å². The minimum atomic E-state index is -0.500. The van der Waals surface area contributed by atoms with Crippen LogP contribution in [0.4, 0.5) is 5.69 Å². The first kappa shape index (κ1) is 18.6. The lowest BCUT2D eigenvalue weighted by Gasteiger charge is -1.98. The van der Waals surface area contributed by atoms with Crippen molar-refractivity contribution in [3.63, 3.8) is 0 Å². The minimum Gasteiger partial charge on any atom is -0.272 e. The number of hydrazone groups is 1. The fourth-order valence-corrected chi connectivity index (χ4v) is 2.72. The Morgan fingerprint density at radius 1 is 1.15 bits per heavy atom. The summed E-state index contributed by atoms with van der Waals surface area (Å²) in [5.74, 6) is -0.500. The van der Waals surface area contributed by atoms with Gasteiger partial charge in [-0.1, -0.05) is 23.2 Å². The van der Waals surface area contributed by atoms with Gasteiger partial charge in [-0.05, 0) is 42.0 Å². The van der Waals surface area contributed by atoms with Crippen molar-refractivity contribution in [3.05, 3.63) is 79.9 Å². The number of nitro groups is 1. The Morgan fingerprint density at radius 2 is 1.81 bits per heavy atom. The zero-order valence-corrected chi connectivity index (χ0v) is 15.0. The van der Waals surface area contributed by atoms with Crippen LogP contribution >= 0.6 is 23.2 Å². The third kappa shape index (κ3) is 4.69. The zero-order chi connectivity index (χ0) is 19.4. The molecule has 136 valence electrons. The van der Waals surface area contributed by atoms with Crippen molar-refractivity contribution in [2.45, 2.75) is 0 Å². The predicted molar refractivity (Wildman–Crippen MR) is 102 cm³/mol. The van der Waals surface area contributed by atoms with Gasteiger partial charge < -0.3 is 0 Å². The summed E-state index contributed by atoms with van der Waals surface area (Å²) in [6.45, 7) is 0. The number of rotatable bonds is 5. The van der Waals surface area contributed by atoms with Crippen molar-refractivity contribution >= 4 is 41.0 Å². The lowest BCUT2D eigenvalue weighted by molar-refractivity contribution is -0.384. The Balaban J connectivity index is 1.66. The number of carbonyl (C=O) groups excluding carboxylic acids is 1. The monoisotopic (exact) mass is 403 g/mol. The Bertz CT molecular complexity index is 1010. The van der Waals surface area contributed by atoms with Crippen LogP contribution in [0, 0.1) is 10.1 Å². The summed E-state index contributed by atoms with van der Waals surface area (Å²) >= 11 is 11.9. The van der Waals surface area contributed by atoms with Crippen LogP contribution in [0.5, 0.6) is 0 Å². The Kier molecular flexibility index (Phi) is 5.49. The largest absolute Gasteiger partial charge is 0.289 e. The third-order valence-electron chi connectivity index (χ3n) is 3.46. The molecule has 0 aliphatic heterocycles. The molecule has 2 aromatic carbocycles. The fourth-order valence-electron chi connectivity index (χ4n) is 2.20. The number of aromatic nitrogens is 2. The van der Waals surface area contributed by atoms with E-state index in [0.29, 0.717) is 26.9 Å². The van der Waals surface area contributed by atoms with Crippen LogP contribution in [0.2, 0.25) is 10.0 Å². The lowest BCUT2D eigenvalue weighted by atomic mass is 10.1. The number of halogens is 2. The molecule has 3 aromatic rings. The van der Waals surface area contributed by atoms with E-state index in [1.54, 1.807) is 24.3 Å². The van der Waals surface area contributed by atoms with E-state index in [4.69, 9.17) is 23.2 Å². The number of nitro benzene ring substituents is 1. The van der Waals surface area contributed by atoms with E-state index < -0.39 is 10.8 Å². The van der Waals surface area contributed by atoms with Crippen molar-refractivity contribution in [3.8, 4) is 11.3 Å². The number of hydrogen-bond acceptors (Lipinski definition) is 5. The standard InChI is InChI=1S/C17H11Cl2N5O3/c18-12-5-11(6-13(19)7-12)15-8-16(22-21-15)17(25)23-20-9-10-1-3-14(4-2-10)24(26)27/h1-9H,(H,21,22)(H,23,25). The number of amides is 1. The van der Waals surface area contributed by atoms with Gasteiger partial charge in [0.25, 0.3) is 11.6 Å². The highest BCUT2D eigenvalue weighted by molar-refractivity contribution is 6.35. The van der Waals surface area contributed by atoms with E-state index in [1.807, 2.05) is 0 Å². The molecule has 0 aliphatic carbocycles. The van der Waals surface area contributed by atoms with Gasteiger partial charge in [-0.2, -0.15) is 10.2 Å². The van der Waals surface area contributed by atoms with Gasteiger partial charge in [0.1, 0.15) is 5.69 Å². The maximum absolute atomic E-state index is 12.1. The number of H-pyrrole nitrogens is 1. The van der Waals surface area contributed by atoms with Gasteiger partial charge >= 0.3 is 0 Å². The van der Waals surface area contributed by atoms with Crippen molar-refractivity contribution in [1.29, 1.82) is 0 Å². The maximum atomic E-state index is 12.1. The van der Waals surface area contributed by atoms with Gasteiger partial charge in [-0.25, -0.2) is 5.43 Å². The molecule has 0 bridgehead atoms. The maximum Gasteiger partial charge on any atom is 0.289 e. The molecular formula is C17H11Cl2N5O3. The Morgan fingerprint density at radius 3 is 2.44 bits per heavy atom. The van der Waals surface area contributed by atoms with Gasteiger partial charge in [0.2, 0.25) is 0 Å². The number of aromatic amines is 1. The summed E-state index contributed by atoms with van der Waals surface area (Å²) in [6.07, 6.45) is 1.37. The molecule has 0 aliphatic rings. The second kappa shape index (κ2) is 7.98. The first-order valence-electron chi connectivity index (χ1n) is 7.52. The summed E-state index contributed by atoms with van der Waals surface area (Å²) < 4.78 is 0. The highest BCUT2D eigenvalue weighted by Gasteiger charge is 2.11. The van der Waals surface area contributed by atoms with Gasteiger partial charge in [0.15, 0.2) is 0 Å². The summed E-state index contributed by atoms with van der Waals surface area (Å²) in [7, 11) is 0. The van der Waals surface area contributed by atoms with Crippen LogP contribution in [-0.2, 0) is 0 Å². The number of benzene rings is 2. The Hall–Kier alpha value is -3.23. The van der Waals surface area contributed by atoms with E-state index in [-0.39, 0.29) is 11.4 Å². The molecule has 8 nitrogen and oxygen atoms in total. The van der Waals surface area contributed by atoms with Crippen LogP contribution in [0.3, 0.4) is 0 Å². The molecule has 0 atom stereocenters. The smallest absolute Gasteiger partial charge is 0.272 e. The summed E-state index contributed by atoms with van der Waals surface area (Å²) in [5.41, 5.74) is 4.28. The van der Waals surface area contributed by atoms with E-state index in [1.165, 1.54) is 30.5 Å². The second-order valence-corrected chi connectivity index (χ2v) is 6.25. The van der Waals surface area contributed by atoms with Gasteiger partial charge in [0, 0.05) is 27.7 Å². The van der Waals surface area contributed by atoms with Crippen molar-refractivity contribution in [1.82, 2.24) is 15.6 Å². The van der Waals surface area contributed by atoms with Crippen molar-refractivity contribution in [2.24, 2.45) is 5.10 Å². The highest BCUT2D eigenvalue weighted by atomic mass is 35.5. The highest BCUT2D eigenvalue weighted by Crippen LogP contribution is 2.26. The molecule has 0 radical (unpaired) electrons. The predicted octanol–water partition coefficient (Wildman–Crippen LogP) is 4.06. The van der Waals surface area contributed by atoms with Gasteiger partial charge in [0.05, 0.1) is 16.8 Å². The molecule has 0 fully saturated rings.